The van der Waals surface area contributed by atoms with Gasteiger partial charge >= 0.3 is 0 Å². The fourth-order valence-electron chi connectivity index (χ4n) is 2.55. The van der Waals surface area contributed by atoms with Crippen LogP contribution in [0.5, 0.6) is 0 Å². The maximum Gasteiger partial charge on any atom is 0.151 e. The summed E-state index contributed by atoms with van der Waals surface area (Å²) in [6, 6.07) is 0.475. The van der Waals surface area contributed by atoms with Gasteiger partial charge in [0.15, 0.2) is 7.28 Å². The molecular formula is C17H34BN. The lowest BCUT2D eigenvalue weighted by atomic mass is 9.62. The van der Waals surface area contributed by atoms with Crippen molar-refractivity contribution in [2.75, 3.05) is 13.6 Å². The third-order valence-electron chi connectivity index (χ3n) is 4.45. The third-order valence-corrected chi connectivity index (χ3v) is 4.45. The van der Waals surface area contributed by atoms with Gasteiger partial charge in [-0.3, -0.25) is 4.90 Å². The van der Waals surface area contributed by atoms with Crippen LogP contribution in [-0.2, 0) is 0 Å². The van der Waals surface area contributed by atoms with Gasteiger partial charge in [-0.1, -0.05) is 45.7 Å². The first-order chi connectivity index (χ1) is 8.83. The highest BCUT2D eigenvalue weighted by Gasteiger charge is 2.18. The van der Waals surface area contributed by atoms with Gasteiger partial charge in [0, 0.05) is 12.6 Å². The van der Waals surface area contributed by atoms with E-state index in [1.54, 1.807) is 0 Å². The maximum atomic E-state index is 4.25. The van der Waals surface area contributed by atoms with Gasteiger partial charge in [0.1, 0.15) is 0 Å². The molecule has 0 amide bonds. The molecule has 0 N–H and O–H groups in total. The molecule has 0 bridgehead atoms. The predicted octanol–water partition coefficient (Wildman–Crippen LogP) is 4.32. The van der Waals surface area contributed by atoms with Crippen LogP contribution < -0.4 is 0 Å². The van der Waals surface area contributed by atoms with E-state index in [2.05, 4.69) is 59.7 Å². The summed E-state index contributed by atoms with van der Waals surface area (Å²) < 4.78 is 0. The Balaban J connectivity index is 4.35. The van der Waals surface area contributed by atoms with Crippen molar-refractivity contribution in [1.29, 1.82) is 0 Å². The normalized spacial score (nSPS) is 15.9. The molecule has 2 heteroatoms. The molecule has 0 aromatic rings. The van der Waals surface area contributed by atoms with Gasteiger partial charge in [0.05, 0.1) is 0 Å². The third kappa shape index (κ3) is 7.01. The van der Waals surface area contributed by atoms with Crippen LogP contribution in [0.1, 0.15) is 47.5 Å². The molecule has 0 spiro atoms. The van der Waals surface area contributed by atoms with E-state index in [0.29, 0.717) is 12.0 Å². The Kier molecular flexibility index (Phi) is 9.17. The Morgan fingerprint density at radius 3 is 2.21 bits per heavy atom. The van der Waals surface area contributed by atoms with Gasteiger partial charge in [-0.2, -0.15) is 0 Å². The zero-order valence-corrected chi connectivity index (χ0v) is 14.1. The van der Waals surface area contributed by atoms with Crippen molar-refractivity contribution in [3.63, 3.8) is 0 Å². The summed E-state index contributed by atoms with van der Waals surface area (Å²) in [5.41, 5.74) is 2.68. The van der Waals surface area contributed by atoms with Crippen LogP contribution in [-0.4, -0.2) is 31.8 Å². The van der Waals surface area contributed by atoms with Crippen molar-refractivity contribution in [2.24, 2.45) is 11.8 Å². The van der Waals surface area contributed by atoms with Gasteiger partial charge in [-0.15, -0.1) is 12.1 Å². The lowest BCUT2D eigenvalue weighted by Gasteiger charge is -2.30. The highest BCUT2D eigenvalue weighted by molar-refractivity contribution is 6.45. The van der Waals surface area contributed by atoms with E-state index < -0.39 is 0 Å². The summed E-state index contributed by atoms with van der Waals surface area (Å²) >= 11 is 0. The SMILES string of the molecule is C=C(BCC)C(C)CC(CC)CN(C)C(C)C(=C)C. The maximum absolute atomic E-state index is 4.25. The van der Waals surface area contributed by atoms with Crippen LogP contribution in [0.15, 0.2) is 24.2 Å². The van der Waals surface area contributed by atoms with E-state index in [1.807, 2.05) is 0 Å². The Labute approximate surface area is 122 Å². The molecule has 0 aromatic carbocycles. The number of hydrogen-bond acceptors (Lipinski definition) is 1. The van der Waals surface area contributed by atoms with Crippen molar-refractivity contribution in [1.82, 2.24) is 4.90 Å². The standard InChI is InChI=1S/C17H34BN/c1-9-17(11-14(5)15(6)18-10-2)12-19(8)16(7)13(3)4/h14,16-18H,3,6,9-12H2,1-2,4-5,7-8H3. The van der Waals surface area contributed by atoms with E-state index >= 15 is 0 Å². The lowest BCUT2D eigenvalue weighted by molar-refractivity contribution is 0.221. The smallest absolute Gasteiger partial charge is 0.151 e. The van der Waals surface area contributed by atoms with Gasteiger partial charge in [0.2, 0.25) is 0 Å². The molecule has 0 radical (unpaired) electrons. The lowest BCUT2D eigenvalue weighted by Crippen LogP contribution is -2.34. The van der Waals surface area contributed by atoms with Crippen molar-refractivity contribution in [3.05, 3.63) is 24.2 Å². The number of hydrogen-bond donors (Lipinski definition) is 0. The fraction of sp³-hybridized carbons (Fsp3) is 0.765. The number of nitrogens with zero attached hydrogens (tertiary/aromatic N) is 1. The number of rotatable bonds is 10. The van der Waals surface area contributed by atoms with Crippen molar-refractivity contribution >= 4 is 7.28 Å². The van der Waals surface area contributed by atoms with Gasteiger partial charge in [0.25, 0.3) is 0 Å². The molecule has 0 aromatic heterocycles. The predicted molar refractivity (Wildman–Crippen MR) is 91.2 cm³/mol. The molecule has 3 unspecified atom stereocenters. The summed E-state index contributed by atoms with van der Waals surface area (Å²) in [5.74, 6) is 1.41. The topological polar surface area (TPSA) is 3.24 Å². The van der Waals surface area contributed by atoms with Crippen LogP contribution in [0.2, 0.25) is 6.32 Å². The van der Waals surface area contributed by atoms with Crippen LogP contribution in [0.3, 0.4) is 0 Å². The van der Waals surface area contributed by atoms with Crippen molar-refractivity contribution in [2.45, 2.75) is 59.8 Å². The summed E-state index contributed by atoms with van der Waals surface area (Å²) in [6.07, 6.45) is 3.73. The van der Waals surface area contributed by atoms with Crippen LogP contribution in [0.25, 0.3) is 0 Å². The van der Waals surface area contributed by atoms with E-state index in [0.717, 1.165) is 12.5 Å². The molecule has 1 nitrogen and oxygen atoms in total. The van der Waals surface area contributed by atoms with Crippen LogP contribution in [0.4, 0.5) is 0 Å². The number of allylic oxidation sites excluding steroid dienone is 1. The summed E-state index contributed by atoms with van der Waals surface area (Å²) in [4.78, 5) is 2.44. The first-order valence-corrected chi connectivity index (χ1v) is 7.86. The monoisotopic (exact) mass is 263 g/mol. The average molecular weight is 263 g/mol. The molecule has 3 atom stereocenters. The molecule has 0 aliphatic heterocycles. The van der Waals surface area contributed by atoms with Crippen LogP contribution in [0, 0.1) is 11.8 Å². The van der Waals surface area contributed by atoms with Gasteiger partial charge in [-0.25, -0.2) is 0 Å². The first-order valence-electron chi connectivity index (χ1n) is 7.86. The van der Waals surface area contributed by atoms with Crippen LogP contribution >= 0.6 is 0 Å². The molecule has 19 heavy (non-hydrogen) atoms. The largest absolute Gasteiger partial charge is 0.300 e. The first kappa shape index (κ1) is 18.5. The Bertz CT molecular complexity index is 285. The quantitative estimate of drug-likeness (QED) is 0.419. The Hall–Kier alpha value is -0.495. The second-order valence-electron chi connectivity index (χ2n) is 6.28. The second kappa shape index (κ2) is 9.42. The summed E-state index contributed by atoms with van der Waals surface area (Å²) in [6.45, 7) is 20.7. The highest BCUT2D eigenvalue weighted by Crippen LogP contribution is 2.22. The zero-order chi connectivity index (χ0) is 15.0. The Morgan fingerprint density at radius 1 is 1.21 bits per heavy atom. The molecule has 0 fully saturated rings. The van der Waals surface area contributed by atoms with Crippen molar-refractivity contribution in [3.8, 4) is 0 Å². The second-order valence-corrected chi connectivity index (χ2v) is 6.28. The Morgan fingerprint density at radius 2 is 1.79 bits per heavy atom. The van der Waals surface area contributed by atoms with Gasteiger partial charge < -0.3 is 0 Å². The summed E-state index contributed by atoms with van der Waals surface area (Å²) in [5, 5.41) is 0. The molecule has 110 valence electrons. The van der Waals surface area contributed by atoms with E-state index in [1.165, 1.54) is 37.5 Å². The molecular weight excluding hydrogens is 229 g/mol. The molecule has 0 aliphatic rings. The van der Waals surface area contributed by atoms with E-state index in [4.69, 9.17) is 0 Å². The zero-order valence-electron chi connectivity index (χ0n) is 14.1. The molecule has 0 saturated carbocycles. The highest BCUT2D eigenvalue weighted by atomic mass is 15.1. The fourth-order valence-corrected chi connectivity index (χ4v) is 2.55. The molecule has 0 rings (SSSR count). The van der Waals surface area contributed by atoms with Gasteiger partial charge in [-0.05, 0) is 39.2 Å². The molecule has 0 heterocycles. The molecule has 0 saturated heterocycles. The average Bonchev–Trinajstić information content (AvgIpc) is 2.36. The van der Waals surface area contributed by atoms with Crippen molar-refractivity contribution < 1.29 is 0 Å². The van der Waals surface area contributed by atoms with E-state index in [-0.39, 0.29) is 0 Å². The summed E-state index contributed by atoms with van der Waals surface area (Å²) in [7, 11) is 3.39. The minimum atomic E-state index is 0.475. The minimum absolute atomic E-state index is 0.475. The minimum Gasteiger partial charge on any atom is -0.300 e. The number of likely N-dealkylation sites (N-methyl/N-ethyl adjacent to an activating group) is 1. The molecule has 0 aliphatic carbocycles. The van der Waals surface area contributed by atoms with E-state index in [9.17, 15) is 0 Å².